The van der Waals surface area contributed by atoms with Crippen molar-refractivity contribution >= 4 is 17.5 Å². The van der Waals surface area contributed by atoms with Gasteiger partial charge in [-0.25, -0.2) is 4.90 Å². The van der Waals surface area contributed by atoms with Crippen molar-refractivity contribution in [3.8, 4) is 0 Å². The first kappa shape index (κ1) is 16.2. The molecule has 3 nitrogen and oxygen atoms in total. The maximum absolute atomic E-state index is 12.5. The monoisotopic (exact) mass is 273 g/mol. The summed E-state index contributed by atoms with van der Waals surface area (Å²) in [6.07, 6.45) is 2.89. The van der Waals surface area contributed by atoms with Crippen LogP contribution in [-0.4, -0.2) is 11.8 Å². The van der Waals surface area contributed by atoms with E-state index in [0.717, 1.165) is 12.0 Å². The quantitative estimate of drug-likeness (QED) is 0.781. The van der Waals surface area contributed by atoms with Gasteiger partial charge >= 0.3 is 0 Å². The third-order valence-electron chi connectivity index (χ3n) is 3.33. The molecule has 0 heterocycles. The molecule has 1 atom stereocenters. The lowest BCUT2D eigenvalue weighted by Gasteiger charge is -2.20. The second kappa shape index (κ2) is 7.04. The standard InChI is InChI=1S/C17H23NO2/c1-6-12(2)11-14(4)17(20)18(15(5)19)16-9-7-13(3)8-10-16/h7-12H,6H2,1-5H3/b14-11-. The Kier molecular flexibility index (Phi) is 5.68. The Bertz CT molecular complexity index is 514. The summed E-state index contributed by atoms with van der Waals surface area (Å²) in [6.45, 7) is 9.27. The van der Waals surface area contributed by atoms with Crippen LogP contribution in [0.3, 0.4) is 0 Å². The highest BCUT2D eigenvalue weighted by molar-refractivity contribution is 6.20. The van der Waals surface area contributed by atoms with Crippen molar-refractivity contribution in [1.82, 2.24) is 0 Å². The van der Waals surface area contributed by atoms with E-state index < -0.39 is 0 Å². The van der Waals surface area contributed by atoms with Crippen LogP contribution in [0.15, 0.2) is 35.9 Å². The molecule has 0 N–H and O–H groups in total. The molecule has 0 fully saturated rings. The maximum Gasteiger partial charge on any atom is 0.260 e. The van der Waals surface area contributed by atoms with Crippen molar-refractivity contribution in [2.75, 3.05) is 4.90 Å². The van der Waals surface area contributed by atoms with Crippen LogP contribution in [0.25, 0.3) is 0 Å². The Morgan fingerprint density at radius 1 is 1.20 bits per heavy atom. The molecule has 0 radical (unpaired) electrons. The molecule has 1 rings (SSSR count). The number of amides is 2. The minimum Gasteiger partial charge on any atom is -0.274 e. The van der Waals surface area contributed by atoms with Crippen molar-refractivity contribution in [2.45, 2.75) is 41.0 Å². The number of aryl methyl sites for hydroxylation is 1. The number of rotatable bonds is 4. The Morgan fingerprint density at radius 2 is 1.75 bits per heavy atom. The third-order valence-corrected chi connectivity index (χ3v) is 3.33. The van der Waals surface area contributed by atoms with Gasteiger partial charge in [-0.05, 0) is 31.9 Å². The highest BCUT2D eigenvalue weighted by Crippen LogP contribution is 2.19. The van der Waals surface area contributed by atoms with E-state index in [1.54, 1.807) is 19.1 Å². The summed E-state index contributed by atoms with van der Waals surface area (Å²) >= 11 is 0. The predicted molar refractivity (Wildman–Crippen MR) is 82.6 cm³/mol. The zero-order valence-corrected chi connectivity index (χ0v) is 12.9. The van der Waals surface area contributed by atoms with Gasteiger partial charge < -0.3 is 0 Å². The topological polar surface area (TPSA) is 37.4 Å². The molecule has 20 heavy (non-hydrogen) atoms. The van der Waals surface area contributed by atoms with E-state index in [1.807, 2.05) is 25.1 Å². The lowest BCUT2D eigenvalue weighted by atomic mass is 10.0. The average molecular weight is 273 g/mol. The van der Waals surface area contributed by atoms with Crippen molar-refractivity contribution in [2.24, 2.45) is 5.92 Å². The van der Waals surface area contributed by atoms with Crippen LogP contribution in [0.4, 0.5) is 5.69 Å². The molecular weight excluding hydrogens is 250 g/mol. The number of imide groups is 1. The summed E-state index contributed by atoms with van der Waals surface area (Å²) in [5, 5.41) is 0. The van der Waals surface area contributed by atoms with Crippen LogP contribution in [0.1, 0.15) is 39.7 Å². The molecule has 0 aromatic heterocycles. The Hall–Kier alpha value is -1.90. The van der Waals surface area contributed by atoms with Gasteiger partial charge in [-0.3, -0.25) is 9.59 Å². The average Bonchev–Trinajstić information content (AvgIpc) is 2.40. The first-order valence-electron chi connectivity index (χ1n) is 6.97. The third kappa shape index (κ3) is 4.05. The number of benzene rings is 1. The van der Waals surface area contributed by atoms with Crippen LogP contribution in [0, 0.1) is 12.8 Å². The minimum atomic E-state index is -0.268. The smallest absolute Gasteiger partial charge is 0.260 e. The lowest BCUT2D eigenvalue weighted by molar-refractivity contribution is -0.123. The molecule has 0 aliphatic rings. The van der Waals surface area contributed by atoms with Crippen molar-refractivity contribution < 1.29 is 9.59 Å². The molecular formula is C17H23NO2. The molecule has 0 aliphatic heterocycles. The molecule has 1 unspecified atom stereocenters. The highest BCUT2D eigenvalue weighted by atomic mass is 16.2. The molecule has 0 saturated carbocycles. The Labute approximate surface area is 121 Å². The van der Waals surface area contributed by atoms with Gasteiger partial charge in [0.1, 0.15) is 0 Å². The zero-order valence-electron chi connectivity index (χ0n) is 12.9. The lowest BCUT2D eigenvalue weighted by Crippen LogP contribution is -2.35. The maximum atomic E-state index is 12.5. The van der Waals surface area contributed by atoms with Gasteiger partial charge in [-0.15, -0.1) is 0 Å². The molecule has 1 aromatic carbocycles. The van der Waals surface area contributed by atoms with Crippen LogP contribution >= 0.6 is 0 Å². The van der Waals surface area contributed by atoms with Gasteiger partial charge in [-0.2, -0.15) is 0 Å². The van der Waals surface area contributed by atoms with Gasteiger partial charge in [-0.1, -0.05) is 44.0 Å². The fraction of sp³-hybridized carbons (Fsp3) is 0.412. The predicted octanol–water partition coefficient (Wildman–Crippen LogP) is 3.87. The van der Waals surface area contributed by atoms with E-state index >= 15 is 0 Å². The van der Waals surface area contributed by atoms with Crippen molar-refractivity contribution in [1.29, 1.82) is 0 Å². The minimum absolute atomic E-state index is 0.248. The van der Waals surface area contributed by atoms with Gasteiger partial charge in [0, 0.05) is 12.5 Å². The molecule has 3 heteroatoms. The largest absolute Gasteiger partial charge is 0.274 e. The SMILES string of the molecule is CCC(C)/C=C(/C)C(=O)N(C(C)=O)c1ccc(C)cc1. The number of allylic oxidation sites excluding steroid dienone is 1. The molecule has 0 bridgehead atoms. The second-order valence-electron chi connectivity index (χ2n) is 5.23. The Morgan fingerprint density at radius 3 is 2.20 bits per heavy atom. The fourth-order valence-electron chi connectivity index (χ4n) is 1.93. The second-order valence-corrected chi connectivity index (χ2v) is 5.23. The number of nitrogens with zero attached hydrogens (tertiary/aromatic N) is 1. The normalized spacial score (nSPS) is 12.9. The van der Waals surface area contributed by atoms with Crippen LogP contribution < -0.4 is 4.90 Å². The first-order chi connectivity index (χ1) is 9.36. The van der Waals surface area contributed by atoms with Crippen molar-refractivity contribution in [3.63, 3.8) is 0 Å². The summed E-state index contributed by atoms with van der Waals surface area (Å²) in [4.78, 5) is 25.5. The summed E-state index contributed by atoms with van der Waals surface area (Å²) in [7, 11) is 0. The van der Waals surface area contributed by atoms with Gasteiger partial charge in [0.15, 0.2) is 0 Å². The number of hydrogen-bond acceptors (Lipinski definition) is 2. The van der Waals surface area contributed by atoms with E-state index in [0.29, 0.717) is 17.2 Å². The molecule has 0 aliphatic carbocycles. The van der Waals surface area contributed by atoms with Gasteiger partial charge in [0.25, 0.3) is 5.91 Å². The van der Waals surface area contributed by atoms with Crippen LogP contribution in [-0.2, 0) is 9.59 Å². The summed E-state index contributed by atoms with van der Waals surface area (Å²) in [6, 6.07) is 7.38. The number of anilines is 1. The van der Waals surface area contributed by atoms with Gasteiger partial charge in [0.2, 0.25) is 5.91 Å². The molecule has 0 spiro atoms. The van der Waals surface area contributed by atoms with E-state index in [9.17, 15) is 9.59 Å². The zero-order chi connectivity index (χ0) is 15.3. The van der Waals surface area contributed by atoms with E-state index in [2.05, 4.69) is 13.8 Å². The molecule has 108 valence electrons. The molecule has 1 aromatic rings. The number of hydrogen-bond donors (Lipinski definition) is 0. The Balaban J connectivity index is 3.09. The van der Waals surface area contributed by atoms with E-state index in [1.165, 1.54) is 11.8 Å². The number of carbonyl (C=O) groups excluding carboxylic acids is 2. The number of carbonyl (C=O) groups is 2. The summed E-state index contributed by atoms with van der Waals surface area (Å²) < 4.78 is 0. The summed E-state index contributed by atoms with van der Waals surface area (Å²) in [5.74, 6) is -0.191. The van der Waals surface area contributed by atoms with E-state index in [-0.39, 0.29) is 11.8 Å². The molecule has 2 amide bonds. The fourth-order valence-corrected chi connectivity index (χ4v) is 1.93. The first-order valence-corrected chi connectivity index (χ1v) is 6.97. The van der Waals surface area contributed by atoms with E-state index in [4.69, 9.17) is 0 Å². The summed E-state index contributed by atoms with van der Waals surface area (Å²) in [5.41, 5.74) is 2.32. The molecule has 0 saturated heterocycles. The van der Waals surface area contributed by atoms with Gasteiger partial charge in [0.05, 0.1) is 5.69 Å². The van der Waals surface area contributed by atoms with Crippen molar-refractivity contribution in [3.05, 3.63) is 41.5 Å². The van der Waals surface area contributed by atoms with Crippen LogP contribution in [0.5, 0.6) is 0 Å². The van der Waals surface area contributed by atoms with Crippen LogP contribution in [0.2, 0.25) is 0 Å². The highest BCUT2D eigenvalue weighted by Gasteiger charge is 2.21.